The summed E-state index contributed by atoms with van der Waals surface area (Å²) < 4.78 is 1.74. The first-order chi connectivity index (χ1) is 12.2. The van der Waals surface area contributed by atoms with Crippen LogP contribution in [-0.2, 0) is 4.79 Å². The molecule has 0 spiro atoms. The fourth-order valence-corrected chi connectivity index (χ4v) is 2.43. The molecule has 0 saturated carbocycles. The first kappa shape index (κ1) is 16.7. The topological polar surface area (TPSA) is 99.8 Å². The summed E-state index contributed by atoms with van der Waals surface area (Å²) in [6, 6.07) is 11.2. The minimum Gasteiger partial charge on any atom is -0.478 e. The van der Waals surface area contributed by atoms with Crippen LogP contribution in [0.3, 0.4) is 0 Å². The molecular weight excluding hydrogens is 320 g/mol. The second-order valence-corrected chi connectivity index (χ2v) is 5.43. The highest BCUT2D eigenvalue weighted by atomic mass is 16.4. The van der Waals surface area contributed by atoms with Gasteiger partial charge in [-0.2, -0.15) is 0 Å². The number of carboxylic acid groups (broad SMARTS) is 1. The van der Waals surface area contributed by atoms with E-state index in [4.69, 9.17) is 10.2 Å². The quantitative estimate of drug-likeness (QED) is 0.451. The molecule has 0 bridgehead atoms. The standard InChI is InChI=1S/C18H18N4O3/c23-10-2-9-19-16-6-7-17-20-12-15(22(17)21-16)14-4-1-3-13(11-14)5-8-18(24)25/h1,3-8,11-12,23H,2,9-10H2,(H,19,21)(H,24,25)/b8-5+. The van der Waals surface area contributed by atoms with Gasteiger partial charge in [0.2, 0.25) is 0 Å². The van der Waals surface area contributed by atoms with Gasteiger partial charge in [0, 0.05) is 24.8 Å². The highest BCUT2D eigenvalue weighted by Gasteiger charge is 2.08. The van der Waals surface area contributed by atoms with Gasteiger partial charge in [-0.3, -0.25) is 0 Å². The van der Waals surface area contributed by atoms with Crippen LogP contribution in [0.1, 0.15) is 12.0 Å². The molecule has 3 aromatic rings. The van der Waals surface area contributed by atoms with Gasteiger partial charge in [-0.1, -0.05) is 18.2 Å². The Hall–Kier alpha value is -3.19. The number of carboxylic acids is 1. The van der Waals surface area contributed by atoms with E-state index in [0.29, 0.717) is 24.4 Å². The van der Waals surface area contributed by atoms with Crippen LogP contribution < -0.4 is 5.32 Å². The van der Waals surface area contributed by atoms with Crippen molar-refractivity contribution < 1.29 is 15.0 Å². The van der Waals surface area contributed by atoms with Crippen molar-refractivity contribution in [3.63, 3.8) is 0 Å². The number of aliphatic carboxylic acids is 1. The number of benzene rings is 1. The molecular formula is C18H18N4O3. The number of imidazole rings is 1. The molecule has 3 N–H and O–H groups in total. The van der Waals surface area contributed by atoms with Crippen molar-refractivity contribution >= 4 is 23.5 Å². The molecule has 2 heterocycles. The lowest BCUT2D eigenvalue weighted by molar-refractivity contribution is -0.131. The number of hydrogen-bond acceptors (Lipinski definition) is 5. The molecule has 7 nitrogen and oxygen atoms in total. The summed E-state index contributed by atoms with van der Waals surface area (Å²) in [5.41, 5.74) is 3.20. The Morgan fingerprint density at radius 3 is 2.96 bits per heavy atom. The van der Waals surface area contributed by atoms with Crippen LogP contribution in [0, 0.1) is 0 Å². The van der Waals surface area contributed by atoms with Crippen molar-refractivity contribution in [1.82, 2.24) is 14.6 Å². The number of carbonyl (C=O) groups is 1. The van der Waals surface area contributed by atoms with E-state index >= 15 is 0 Å². The molecule has 0 aliphatic carbocycles. The van der Waals surface area contributed by atoms with Crippen molar-refractivity contribution in [3.8, 4) is 11.3 Å². The van der Waals surface area contributed by atoms with Crippen LogP contribution in [0.25, 0.3) is 23.0 Å². The van der Waals surface area contributed by atoms with E-state index in [9.17, 15) is 4.79 Å². The number of fused-ring (bicyclic) bond motifs is 1. The highest BCUT2D eigenvalue weighted by Crippen LogP contribution is 2.22. The number of rotatable bonds is 7. The largest absolute Gasteiger partial charge is 0.478 e. The molecule has 1 aromatic carbocycles. The number of nitrogens with one attached hydrogen (secondary N) is 1. The van der Waals surface area contributed by atoms with Gasteiger partial charge in [-0.05, 0) is 36.3 Å². The lowest BCUT2D eigenvalue weighted by Crippen LogP contribution is -2.07. The molecule has 128 valence electrons. The van der Waals surface area contributed by atoms with Gasteiger partial charge in [0.1, 0.15) is 5.82 Å². The molecule has 0 saturated heterocycles. The van der Waals surface area contributed by atoms with Gasteiger partial charge in [0.05, 0.1) is 11.9 Å². The first-order valence-corrected chi connectivity index (χ1v) is 7.88. The van der Waals surface area contributed by atoms with Crippen molar-refractivity contribution in [3.05, 3.63) is 54.2 Å². The predicted octanol–water partition coefficient (Wildman–Crippen LogP) is 2.29. The van der Waals surface area contributed by atoms with E-state index in [1.165, 1.54) is 0 Å². The molecule has 7 heteroatoms. The SMILES string of the molecule is O=C(O)/C=C/c1cccc(-c2cnc3ccc(NCCCO)nn23)c1. The second-order valence-electron chi connectivity index (χ2n) is 5.43. The van der Waals surface area contributed by atoms with Crippen LogP contribution in [0.2, 0.25) is 0 Å². The molecule has 0 radical (unpaired) electrons. The summed E-state index contributed by atoms with van der Waals surface area (Å²) in [5.74, 6) is -0.289. The smallest absolute Gasteiger partial charge is 0.328 e. The maximum atomic E-state index is 10.7. The van der Waals surface area contributed by atoms with Crippen molar-refractivity contribution in [2.24, 2.45) is 0 Å². The number of anilines is 1. The molecule has 0 amide bonds. The van der Waals surface area contributed by atoms with Crippen LogP contribution in [0.15, 0.2) is 48.7 Å². The molecule has 0 fully saturated rings. The van der Waals surface area contributed by atoms with E-state index in [1.54, 1.807) is 16.8 Å². The summed E-state index contributed by atoms with van der Waals surface area (Å²) in [5, 5.41) is 25.3. The van der Waals surface area contributed by atoms with Crippen LogP contribution in [0.5, 0.6) is 0 Å². The number of aliphatic hydroxyl groups is 1. The maximum Gasteiger partial charge on any atom is 0.328 e. The Morgan fingerprint density at radius 2 is 2.16 bits per heavy atom. The van der Waals surface area contributed by atoms with Crippen LogP contribution in [0.4, 0.5) is 5.82 Å². The van der Waals surface area contributed by atoms with Gasteiger partial charge in [0.25, 0.3) is 0 Å². The molecule has 25 heavy (non-hydrogen) atoms. The van der Waals surface area contributed by atoms with E-state index in [-0.39, 0.29) is 6.61 Å². The van der Waals surface area contributed by atoms with E-state index in [0.717, 1.165) is 22.9 Å². The Labute approximate surface area is 144 Å². The number of aromatic nitrogens is 3. The number of nitrogens with zero attached hydrogens (tertiary/aromatic N) is 3. The fourth-order valence-electron chi connectivity index (χ4n) is 2.43. The minimum atomic E-state index is -0.986. The van der Waals surface area contributed by atoms with E-state index in [2.05, 4.69) is 15.4 Å². The first-order valence-electron chi connectivity index (χ1n) is 7.88. The Kier molecular flexibility index (Phi) is 5.06. The number of hydrogen-bond donors (Lipinski definition) is 3. The second kappa shape index (κ2) is 7.59. The van der Waals surface area contributed by atoms with Gasteiger partial charge >= 0.3 is 5.97 Å². The van der Waals surface area contributed by atoms with Crippen molar-refractivity contribution in [1.29, 1.82) is 0 Å². The molecule has 3 rings (SSSR count). The predicted molar refractivity (Wildman–Crippen MR) is 95.3 cm³/mol. The summed E-state index contributed by atoms with van der Waals surface area (Å²) in [6.07, 6.45) is 5.04. The molecule has 0 atom stereocenters. The van der Waals surface area contributed by atoms with Crippen LogP contribution in [-0.4, -0.2) is 43.9 Å². The average molecular weight is 338 g/mol. The number of aliphatic hydroxyl groups excluding tert-OH is 1. The molecule has 0 aliphatic rings. The highest BCUT2D eigenvalue weighted by molar-refractivity contribution is 5.85. The summed E-state index contributed by atoms with van der Waals surface area (Å²) in [6.45, 7) is 0.761. The third kappa shape index (κ3) is 4.02. The van der Waals surface area contributed by atoms with Crippen molar-refractivity contribution in [2.45, 2.75) is 6.42 Å². The molecule has 0 unspecified atom stereocenters. The monoisotopic (exact) mass is 338 g/mol. The van der Waals surface area contributed by atoms with E-state index in [1.807, 2.05) is 36.4 Å². The summed E-state index contributed by atoms with van der Waals surface area (Å²) >= 11 is 0. The zero-order chi connectivity index (χ0) is 17.6. The molecule has 0 aliphatic heterocycles. The summed E-state index contributed by atoms with van der Waals surface area (Å²) in [7, 11) is 0. The summed E-state index contributed by atoms with van der Waals surface area (Å²) in [4.78, 5) is 15.0. The Balaban J connectivity index is 1.94. The zero-order valence-corrected chi connectivity index (χ0v) is 13.5. The normalized spacial score (nSPS) is 11.2. The third-order valence-electron chi connectivity index (χ3n) is 3.60. The average Bonchev–Trinajstić information content (AvgIpc) is 3.04. The minimum absolute atomic E-state index is 0.127. The lowest BCUT2D eigenvalue weighted by Gasteiger charge is -2.07. The van der Waals surface area contributed by atoms with Gasteiger partial charge in [0.15, 0.2) is 5.65 Å². The van der Waals surface area contributed by atoms with Gasteiger partial charge < -0.3 is 15.5 Å². The van der Waals surface area contributed by atoms with Crippen LogP contribution >= 0.6 is 0 Å². The van der Waals surface area contributed by atoms with Gasteiger partial charge in [-0.25, -0.2) is 14.3 Å². The fraction of sp³-hybridized carbons (Fsp3) is 0.167. The Morgan fingerprint density at radius 1 is 1.28 bits per heavy atom. The maximum absolute atomic E-state index is 10.7. The lowest BCUT2D eigenvalue weighted by atomic mass is 10.1. The van der Waals surface area contributed by atoms with E-state index < -0.39 is 5.97 Å². The molecule has 2 aromatic heterocycles. The van der Waals surface area contributed by atoms with Gasteiger partial charge in [-0.15, -0.1) is 5.10 Å². The van der Waals surface area contributed by atoms with Crippen molar-refractivity contribution in [2.75, 3.05) is 18.5 Å². The zero-order valence-electron chi connectivity index (χ0n) is 13.5. The third-order valence-corrected chi connectivity index (χ3v) is 3.60. The Bertz CT molecular complexity index is 918.